The summed E-state index contributed by atoms with van der Waals surface area (Å²) < 4.78 is 45.8. The van der Waals surface area contributed by atoms with E-state index in [0.717, 1.165) is 51.4 Å². The highest BCUT2D eigenvalue weighted by atomic mass is 19.1. The second-order valence-corrected chi connectivity index (χ2v) is 8.59. The van der Waals surface area contributed by atoms with Gasteiger partial charge in [0.1, 0.15) is 18.0 Å². The van der Waals surface area contributed by atoms with Gasteiger partial charge in [0.2, 0.25) is 0 Å². The quantitative estimate of drug-likeness (QED) is 0.244. The predicted octanol–water partition coefficient (Wildman–Crippen LogP) is 6.35. The zero-order valence-electron chi connectivity index (χ0n) is 20.8. The molecule has 184 valence electrons. The number of allylic oxidation sites excluding steroid dienone is 1. The highest BCUT2D eigenvalue weighted by molar-refractivity contribution is 5.21. The van der Waals surface area contributed by atoms with Crippen LogP contribution < -0.4 is 0 Å². The van der Waals surface area contributed by atoms with Gasteiger partial charge < -0.3 is 23.7 Å². The van der Waals surface area contributed by atoms with Crippen molar-refractivity contribution in [2.24, 2.45) is 0 Å². The number of hydrogen-bond acceptors (Lipinski definition) is 5. The second-order valence-electron chi connectivity index (χ2n) is 8.59. The van der Waals surface area contributed by atoms with E-state index in [2.05, 4.69) is 27.7 Å². The fourth-order valence-electron chi connectivity index (χ4n) is 3.71. The Hall–Kier alpha value is -0.690. The monoisotopic (exact) mass is 446 g/mol. The molecule has 0 spiro atoms. The number of hydrogen-bond donors (Lipinski definition) is 0. The normalized spacial score (nSPS) is 27.9. The van der Waals surface area contributed by atoms with Gasteiger partial charge in [0.25, 0.3) is 0 Å². The maximum Gasteiger partial charge on any atom is 0.162 e. The first-order valence-corrected chi connectivity index (χ1v) is 12.4. The predicted molar refractivity (Wildman–Crippen MR) is 123 cm³/mol. The van der Waals surface area contributed by atoms with Gasteiger partial charge >= 0.3 is 0 Å². The molecule has 5 nitrogen and oxygen atoms in total. The van der Waals surface area contributed by atoms with Crippen LogP contribution in [0.25, 0.3) is 0 Å². The summed E-state index contributed by atoms with van der Waals surface area (Å²) in [7, 11) is 0. The Morgan fingerprint density at radius 2 is 1.42 bits per heavy atom. The maximum absolute atomic E-state index is 14.7. The molecule has 0 N–H and O–H groups in total. The van der Waals surface area contributed by atoms with Gasteiger partial charge in [-0.25, -0.2) is 4.39 Å². The molecule has 0 aliphatic carbocycles. The van der Waals surface area contributed by atoms with E-state index >= 15 is 0 Å². The Labute approximate surface area is 190 Å². The minimum absolute atomic E-state index is 0.213. The summed E-state index contributed by atoms with van der Waals surface area (Å²) in [6.45, 7) is 14.5. The summed E-state index contributed by atoms with van der Waals surface area (Å²) >= 11 is 0. The van der Waals surface area contributed by atoms with E-state index in [9.17, 15) is 4.39 Å². The lowest BCUT2D eigenvalue weighted by molar-refractivity contribution is -0.249. The second kappa shape index (κ2) is 16.0. The summed E-state index contributed by atoms with van der Waals surface area (Å²) in [4.78, 5) is 0. The van der Waals surface area contributed by atoms with E-state index in [4.69, 9.17) is 23.7 Å². The van der Waals surface area contributed by atoms with Crippen LogP contribution in [0.3, 0.4) is 0 Å². The Bertz CT molecular complexity index is 494. The molecule has 1 heterocycles. The molecule has 1 fully saturated rings. The zero-order valence-corrected chi connectivity index (χ0v) is 20.8. The van der Waals surface area contributed by atoms with Crippen LogP contribution in [-0.4, -0.2) is 56.9 Å². The van der Waals surface area contributed by atoms with Crippen molar-refractivity contribution in [3.63, 3.8) is 0 Å². The summed E-state index contributed by atoms with van der Waals surface area (Å²) in [6, 6.07) is 0. The van der Waals surface area contributed by atoms with Gasteiger partial charge in [-0.3, -0.25) is 0 Å². The minimum Gasteiger partial charge on any atom is -0.484 e. The van der Waals surface area contributed by atoms with Crippen molar-refractivity contribution in [3.05, 3.63) is 11.6 Å². The molecule has 4 atom stereocenters. The van der Waals surface area contributed by atoms with Gasteiger partial charge in [-0.1, -0.05) is 53.4 Å². The maximum atomic E-state index is 14.7. The lowest BCUT2D eigenvalue weighted by Crippen LogP contribution is -2.62. The highest BCUT2D eigenvalue weighted by Gasteiger charge is 2.55. The van der Waals surface area contributed by atoms with Crippen LogP contribution in [0.5, 0.6) is 0 Å². The van der Waals surface area contributed by atoms with Crippen LogP contribution in [0.2, 0.25) is 0 Å². The molecule has 0 bridgehead atoms. The molecule has 1 saturated heterocycles. The first-order valence-electron chi connectivity index (χ1n) is 12.4. The van der Waals surface area contributed by atoms with Crippen LogP contribution in [-0.2, 0) is 23.7 Å². The molecule has 1 aliphatic heterocycles. The smallest absolute Gasteiger partial charge is 0.162 e. The molecule has 0 saturated carbocycles. The van der Waals surface area contributed by atoms with E-state index in [-0.39, 0.29) is 17.7 Å². The molecule has 1 aliphatic rings. The summed E-state index contributed by atoms with van der Waals surface area (Å²) in [5, 5.41) is 0. The Morgan fingerprint density at radius 3 is 2.00 bits per heavy atom. The molecule has 6 heteroatoms. The summed E-state index contributed by atoms with van der Waals surface area (Å²) in [5.41, 5.74) is -1.04. The van der Waals surface area contributed by atoms with E-state index in [1.165, 1.54) is 6.92 Å². The first kappa shape index (κ1) is 28.3. The van der Waals surface area contributed by atoms with Crippen molar-refractivity contribution in [3.8, 4) is 0 Å². The van der Waals surface area contributed by atoms with Crippen LogP contribution in [0.4, 0.5) is 4.39 Å². The van der Waals surface area contributed by atoms with Gasteiger partial charge in [0.05, 0.1) is 6.61 Å². The Kier molecular flexibility index (Phi) is 14.6. The van der Waals surface area contributed by atoms with Gasteiger partial charge in [-0.15, -0.1) is 0 Å². The Balaban J connectivity index is 3.21. The SMILES string of the molecule is CCCCOC[C@H]1O/C(=C(/C)F)[C@@](C)(OCCCC)[C@@H](OCCCC)[C@@H]1OCCCC. The van der Waals surface area contributed by atoms with E-state index in [1.807, 2.05) is 6.92 Å². The average molecular weight is 447 g/mol. The van der Waals surface area contributed by atoms with Gasteiger partial charge in [-0.05, 0) is 39.5 Å². The van der Waals surface area contributed by atoms with E-state index in [1.54, 1.807) is 0 Å². The highest BCUT2D eigenvalue weighted by Crippen LogP contribution is 2.41. The van der Waals surface area contributed by atoms with Crippen molar-refractivity contribution >= 4 is 0 Å². The number of ether oxygens (including phenoxy) is 5. The molecular weight excluding hydrogens is 399 g/mol. The molecule has 0 amide bonds. The van der Waals surface area contributed by atoms with Crippen molar-refractivity contribution in [1.82, 2.24) is 0 Å². The van der Waals surface area contributed by atoms with Gasteiger partial charge in [0.15, 0.2) is 17.5 Å². The number of unbranched alkanes of at least 4 members (excludes halogenated alkanes) is 4. The first-order chi connectivity index (χ1) is 15.0. The lowest BCUT2D eigenvalue weighted by Gasteiger charge is -2.49. The molecule has 0 aromatic carbocycles. The molecule has 1 rings (SSSR count). The topological polar surface area (TPSA) is 46.2 Å². The average Bonchev–Trinajstić information content (AvgIpc) is 2.74. The summed E-state index contributed by atoms with van der Waals surface area (Å²) in [6.07, 6.45) is 6.55. The molecule has 31 heavy (non-hydrogen) atoms. The molecular formula is C25H47FO5. The van der Waals surface area contributed by atoms with Crippen molar-refractivity contribution in [2.75, 3.05) is 33.0 Å². The zero-order chi connectivity index (χ0) is 23.1. The Morgan fingerprint density at radius 1 is 0.871 bits per heavy atom. The summed E-state index contributed by atoms with van der Waals surface area (Å²) in [5.74, 6) is -0.168. The van der Waals surface area contributed by atoms with Crippen LogP contribution >= 0.6 is 0 Å². The van der Waals surface area contributed by atoms with Crippen molar-refractivity contribution in [2.45, 2.75) is 117 Å². The number of halogens is 1. The van der Waals surface area contributed by atoms with Crippen LogP contribution in [0.1, 0.15) is 92.9 Å². The number of rotatable bonds is 17. The van der Waals surface area contributed by atoms with Crippen molar-refractivity contribution < 1.29 is 28.1 Å². The molecule has 0 unspecified atom stereocenters. The largest absolute Gasteiger partial charge is 0.484 e. The standard InChI is InChI=1S/C25H47FO5/c1-7-11-15-27-19-21-22(28-16-12-8-2)24(29-17-13-9-3)25(6,30-18-14-10-4)23(31-21)20(5)26/h21-22,24H,7-19H2,1-6H3/b23-20-/t21-,22-,24+,25-/m1/s1. The van der Waals surface area contributed by atoms with Crippen LogP contribution in [0.15, 0.2) is 11.6 Å². The molecule has 0 radical (unpaired) electrons. The molecule has 0 aromatic heterocycles. The molecule has 0 aromatic rings. The van der Waals surface area contributed by atoms with E-state index < -0.39 is 17.8 Å². The van der Waals surface area contributed by atoms with E-state index in [0.29, 0.717) is 33.0 Å². The van der Waals surface area contributed by atoms with Crippen molar-refractivity contribution in [1.29, 1.82) is 0 Å². The van der Waals surface area contributed by atoms with Crippen LogP contribution in [0, 0.1) is 0 Å². The van der Waals surface area contributed by atoms with Gasteiger partial charge in [-0.2, -0.15) is 0 Å². The minimum atomic E-state index is -1.04. The third-order valence-electron chi connectivity index (χ3n) is 5.67. The third kappa shape index (κ3) is 8.99. The fourth-order valence-corrected chi connectivity index (χ4v) is 3.71. The third-order valence-corrected chi connectivity index (χ3v) is 5.67. The van der Waals surface area contributed by atoms with Gasteiger partial charge in [0, 0.05) is 26.4 Å². The fraction of sp³-hybridized carbons (Fsp3) is 0.920. The lowest BCUT2D eigenvalue weighted by atomic mass is 9.85.